The van der Waals surface area contributed by atoms with Crippen molar-refractivity contribution in [1.82, 2.24) is 5.01 Å². The van der Waals surface area contributed by atoms with E-state index in [1.807, 2.05) is 36.4 Å². The van der Waals surface area contributed by atoms with Crippen LogP contribution in [0.15, 0.2) is 70.2 Å². The summed E-state index contributed by atoms with van der Waals surface area (Å²) < 4.78 is 26.4. The van der Waals surface area contributed by atoms with E-state index in [1.54, 1.807) is 24.3 Å². The minimum absolute atomic E-state index is 0.260. The molecule has 3 aliphatic rings. The zero-order valence-electron chi connectivity index (χ0n) is 16.9. The van der Waals surface area contributed by atoms with Gasteiger partial charge in [-0.25, -0.2) is 9.40 Å². The molecular weight excluding hydrogens is 477 g/mol. The van der Waals surface area contributed by atoms with Crippen molar-refractivity contribution in [3.05, 3.63) is 87.6 Å². The second kappa shape index (κ2) is 6.80. The number of hydrogen-bond donors (Lipinski definition) is 1. The van der Waals surface area contributed by atoms with Gasteiger partial charge in [-0.2, -0.15) is 5.10 Å². The number of rotatable bonds is 2. The van der Waals surface area contributed by atoms with Crippen LogP contribution in [0.1, 0.15) is 29.2 Å². The van der Waals surface area contributed by atoms with Crippen LogP contribution in [-0.2, 0) is 10.5 Å². The summed E-state index contributed by atoms with van der Waals surface area (Å²) in [5.41, 5.74) is 2.28. The molecule has 3 heterocycles. The Morgan fingerprint density at radius 1 is 1.22 bits per heavy atom. The van der Waals surface area contributed by atoms with E-state index in [2.05, 4.69) is 21.2 Å². The molecule has 8 heteroatoms. The molecule has 0 saturated carbocycles. The molecule has 1 N–H and O–H groups in total. The Balaban J connectivity index is 1.59. The van der Waals surface area contributed by atoms with Crippen LogP contribution in [0.4, 0.5) is 10.1 Å². The third-order valence-electron chi connectivity index (χ3n) is 6.15. The van der Waals surface area contributed by atoms with Gasteiger partial charge in [-0.1, -0.05) is 40.2 Å². The van der Waals surface area contributed by atoms with Gasteiger partial charge in [-0.3, -0.25) is 4.79 Å². The highest BCUT2D eigenvalue weighted by atomic mass is 79.9. The van der Waals surface area contributed by atoms with E-state index < -0.39 is 5.72 Å². The number of carbonyl (C=O) groups is 1. The van der Waals surface area contributed by atoms with Crippen LogP contribution in [0, 0.1) is 5.82 Å². The van der Waals surface area contributed by atoms with Gasteiger partial charge in [0, 0.05) is 16.5 Å². The van der Waals surface area contributed by atoms with Gasteiger partial charge in [-0.15, -0.1) is 0 Å². The second-order valence-electron chi connectivity index (χ2n) is 7.89. The fraction of sp³-hybridized carbons (Fsp3) is 0.167. The van der Waals surface area contributed by atoms with Gasteiger partial charge < -0.3 is 14.8 Å². The molecule has 1 spiro atoms. The van der Waals surface area contributed by atoms with Crippen LogP contribution in [0.5, 0.6) is 11.5 Å². The molecule has 3 aromatic carbocycles. The molecule has 2 atom stereocenters. The highest BCUT2D eigenvalue weighted by molar-refractivity contribution is 9.10. The van der Waals surface area contributed by atoms with Crippen molar-refractivity contribution in [3.63, 3.8) is 0 Å². The zero-order valence-corrected chi connectivity index (χ0v) is 18.5. The lowest BCUT2D eigenvalue weighted by atomic mass is 9.92. The van der Waals surface area contributed by atoms with E-state index in [-0.39, 0.29) is 17.8 Å². The molecule has 6 rings (SSSR count). The van der Waals surface area contributed by atoms with Crippen molar-refractivity contribution >= 4 is 33.2 Å². The van der Waals surface area contributed by atoms with Crippen LogP contribution in [-0.4, -0.2) is 23.7 Å². The van der Waals surface area contributed by atoms with Gasteiger partial charge in [0.05, 0.1) is 30.1 Å². The van der Waals surface area contributed by atoms with Gasteiger partial charge in [0.1, 0.15) is 5.82 Å². The summed E-state index contributed by atoms with van der Waals surface area (Å²) in [6, 6.07) is 17.2. The van der Waals surface area contributed by atoms with Gasteiger partial charge in [-0.05, 0) is 42.0 Å². The van der Waals surface area contributed by atoms with Crippen molar-refractivity contribution in [2.24, 2.45) is 5.10 Å². The maximum absolute atomic E-state index is 13.5. The zero-order chi connectivity index (χ0) is 22.0. The van der Waals surface area contributed by atoms with Crippen molar-refractivity contribution in [2.45, 2.75) is 18.2 Å². The SMILES string of the molecule is COc1cccc2c1OC1(C(=O)Nc3ccc(Br)cc31)N1N=C(c3ccc(F)cc3)CC21. The summed E-state index contributed by atoms with van der Waals surface area (Å²) >= 11 is 3.51. The number of anilines is 1. The number of amides is 1. The first-order chi connectivity index (χ1) is 15.5. The number of halogens is 2. The number of benzene rings is 3. The smallest absolute Gasteiger partial charge is 0.306 e. The predicted molar refractivity (Wildman–Crippen MR) is 120 cm³/mol. The average Bonchev–Trinajstić information content (AvgIpc) is 3.35. The number of ether oxygens (including phenoxy) is 2. The third-order valence-corrected chi connectivity index (χ3v) is 6.64. The van der Waals surface area contributed by atoms with Crippen LogP contribution < -0.4 is 14.8 Å². The van der Waals surface area contributed by atoms with Crippen LogP contribution in [0.25, 0.3) is 0 Å². The molecular formula is C24H17BrFN3O3. The highest BCUT2D eigenvalue weighted by Gasteiger charge is 2.61. The molecule has 0 saturated heterocycles. The fourth-order valence-corrected chi connectivity index (χ4v) is 5.04. The second-order valence-corrected chi connectivity index (χ2v) is 8.80. The molecule has 0 radical (unpaired) electrons. The molecule has 0 aliphatic carbocycles. The third kappa shape index (κ3) is 2.56. The summed E-state index contributed by atoms with van der Waals surface area (Å²) in [5.74, 6) is 0.438. The number of para-hydroxylation sites is 1. The van der Waals surface area contributed by atoms with Crippen LogP contribution in [0.2, 0.25) is 0 Å². The first-order valence-corrected chi connectivity index (χ1v) is 10.9. The number of nitrogens with one attached hydrogen (secondary N) is 1. The standard InChI is InChI=1S/C24H17BrFN3O3/c1-31-21-4-2-3-16-20-12-19(13-5-8-15(26)9-6-13)28-29(20)24(32-22(16)21)17-11-14(25)7-10-18(17)27-23(24)30/h2-11,20H,12H2,1H3,(H,27,30). The topological polar surface area (TPSA) is 63.2 Å². The van der Waals surface area contributed by atoms with E-state index in [0.29, 0.717) is 29.2 Å². The Morgan fingerprint density at radius 3 is 2.81 bits per heavy atom. The molecule has 160 valence electrons. The molecule has 3 aliphatic heterocycles. The van der Waals surface area contributed by atoms with Gasteiger partial charge in [0.2, 0.25) is 0 Å². The number of methoxy groups -OCH3 is 1. The maximum Gasteiger partial charge on any atom is 0.306 e. The number of fused-ring (bicyclic) bond motifs is 6. The van der Waals surface area contributed by atoms with Crippen molar-refractivity contribution in [3.8, 4) is 11.5 Å². The number of hydrogen-bond acceptors (Lipinski definition) is 5. The quantitative estimate of drug-likeness (QED) is 0.548. The minimum Gasteiger partial charge on any atom is -0.493 e. The maximum atomic E-state index is 13.5. The van der Waals surface area contributed by atoms with Crippen molar-refractivity contribution in [2.75, 3.05) is 12.4 Å². The van der Waals surface area contributed by atoms with Gasteiger partial charge >= 0.3 is 5.72 Å². The first kappa shape index (κ1) is 19.3. The van der Waals surface area contributed by atoms with Crippen molar-refractivity contribution < 1.29 is 18.7 Å². The molecule has 0 aromatic heterocycles. The fourth-order valence-electron chi connectivity index (χ4n) is 4.68. The number of nitrogens with zero attached hydrogens (tertiary/aromatic N) is 2. The Labute approximate surface area is 191 Å². The lowest BCUT2D eigenvalue weighted by Crippen LogP contribution is -2.55. The van der Waals surface area contributed by atoms with E-state index in [4.69, 9.17) is 14.6 Å². The van der Waals surface area contributed by atoms with E-state index in [9.17, 15) is 9.18 Å². The molecule has 3 aromatic rings. The number of hydrazone groups is 1. The minimum atomic E-state index is -1.49. The van der Waals surface area contributed by atoms with E-state index in [0.717, 1.165) is 21.3 Å². The van der Waals surface area contributed by atoms with Gasteiger partial charge in [0.15, 0.2) is 11.5 Å². The summed E-state index contributed by atoms with van der Waals surface area (Å²) in [6.45, 7) is 0. The Morgan fingerprint density at radius 2 is 2.03 bits per heavy atom. The van der Waals surface area contributed by atoms with E-state index >= 15 is 0 Å². The van der Waals surface area contributed by atoms with Gasteiger partial charge in [0.25, 0.3) is 5.91 Å². The lowest BCUT2D eigenvalue weighted by molar-refractivity contribution is -0.161. The normalized spacial score (nSPS) is 22.6. The largest absolute Gasteiger partial charge is 0.493 e. The van der Waals surface area contributed by atoms with Crippen LogP contribution in [0.3, 0.4) is 0 Å². The predicted octanol–water partition coefficient (Wildman–Crippen LogP) is 4.95. The molecule has 6 nitrogen and oxygen atoms in total. The van der Waals surface area contributed by atoms with Crippen LogP contribution >= 0.6 is 15.9 Å². The molecule has 32 heavy (non-hydrogen) atoms. The van der Waals surface area contributed by atoms with Crippen molar-refractivity contribution in [1.29, 1.82) is 0 Å². The lowest BCUT2D eigenvalue weighted by Gasteiger charge is -2.44. The Hall–Kier alpha value is -3.39. The number of carbonyl (C=O) groups excluding carboxylic acids is 1. The molecule has 1 amide bonds. The summed E-state index contributed by atoms with van der Waals surface area (Å²) in [4.78, 5) is 13.5. The summed E-state index contributed by atoms with van der Waals surface area (Å²) in [5, 5.41) is 9.54. The average molecular weight is 494 g/mol. The highest BCUT2D eigenvalue weighted by Crippen LogP contribution is 2.56. The Kier molecular flexibility index (Phi) is 4.10. The molecule has 2 unspecified atom stereocenters. The summed E-state index contributed by atoms with van der Waals surface area (Å²) in [6.07, 6.45) is 0.535. The monoisotopic (exact) mass is 493 g/mol. The first-order valence-electron chi connectivity index (χ1n) is 10.1. The molecule has 0 fully saturated rings. The summed E-state index contributed by atoms with van der Waals surface area (Å²) in [7, 11) is 1.58. The Bertz CT molecular complexity index is 1310. The van der Waals surface area contributed by atoms with E-state index in [1.165, 1.54) is 12.1 Å². The molecule has 0 bridgehead atoms.